The second-order valence-corrected chi connectivity index (χ2v) is 6.26. The molecular formula is C13H21N3OS. The lowest BCUT2D eigenvalue weighted by molar-refractivity contribution is -0.132. The normalized spacial score (nSPS) is 18.1. The highest BCUT2D eigenvalue weighted by molar-refractivity contribution is 7.09. The molecule has 2 rings (SSSR count). The van der Waals surface area contributed by atoms with Crippen LogP contribution in [-0.4, -0.2) is 34.9 Å². The second-order valence-electron chi connectivity index (χ2n) is 5.36. The van der Waals surface area contributed by atoms with Crippen molar-refractivity contribution in [2.24, 2.45) is 0 Å². The molecule has 1 unspecified atom stereocenters. The van der Waals surface area contributed by atoms with Gasteiger partial charge >= 0.3 is 0 Å². The van der Waals surface area contributed by atoms with E-state index in [2.05, 4.69) is 24.1 Å². The number of aromatic nitrogens is 1. The minimum Gasteiger partial charge on any atom is -0.341 e. The van der Waals surface area contributed by atoms with Gasteiger partial charge in [0.25, 0.3) is 0 Å². The Morgan fingerprint density at radius 1 is 1.50 bits per heavy atom. The summed E-state index contributed by atoms with van der Waals surface area (Å²) in [6.07, 6.45) is 4.07. The maximum Gasteiger partial charge on any atom is 0.239 e. The molecular weight excluding hydrogens is 246 g/mol. The van der Waals surface area contributed by atoms with E-state index in [-0.39, 0.29) is 17.5 Å². The molecule has 1 atom stereocenters. The minimum atomic E-state index is -0.261. The zero-order valence-electron chi connectivity index (χ0n) is 11.3. The summed E-state index contributed by atoms with van der Waals surface area (Å²) in [7, 11) is 0. The van der Waals surface area contributed by atoms with E-state index in [1.165, 1.54) is 0 Å². The maximum absolute atomic E-state index is 12.2. The number of nitrogens with one attached hydrogen (secondary N) is 1. The van der Waals surface area contributed by atoms with Gasteiger partial charge in [0.2, 0.25) is 5.91 Å². The van der Waals surface area contributed by atoms with Crippen molar-refractivity contribution in [1.29, 1.82) is 0 Å². The molecule has 18 heavy (non-hydrogen) atoms. The van der Waals surface area contributed by atoms with Crippen LogP contribution in [0.3, 0.4) is 0 Å². The predicted octanol–water partition coefficient (Wildman–Crippen LogP) is 1.98. The van der Waals surface area contributed by atoms with Gasteiger partial charge in [-0.1, -0.05) is 0 Å². The lowest BCUT2D eigenvalue weighted by Crippen LogP contribution is -2.50. The molecule has 1 aliphatic rings. The molecule has 1 saturated heterocycles. The number of amides is 1. The number of hydrogen-bond acceptors (Lipinski definition) is 4. The Labute approximate surface area is 112 Å². The molecule has 1 aliphatic heterocycles. The van der Waals surface area contributed by atoms with Crippen LogP contribution < -0.4 is 5.32 Å². The average molecular weight is 267 g/mol. The van der Waals surface area contributed by atoms with E-state index in [4.69, 9.17) is 0 Å². The molecule has 0 aliphatic carbocycles. The lowest BCUT2D eigenvalue weighted by Gasteiger charge is -2.30. The Balaban J connectivity index is 1.98. The molecule has 1 amide bonds. The average Bonchev–Trinajstić information content (AvgIpc) is 3.00. The van der Waals surface area contributed by atoms with Crippen LogP contribution >= 0.6 is 11.3 Å². The highest BCUT2D eigenvalue weighted by Gasteiger charge is 2.30. The summed E-state index contributed by atoms with van der Waals surface area (Å²) in [6.45, 7) is 7.89. The van der Waals surface area contributed by atoms with Crippen molar-refractivity contribution in [1.82, 2.24) is 15.2 Å². The van der Waals surface area contributed by atoms with Crippen LogP contribution in [0, 0.1) is 0 Å². The van der Waals surface area contributed by atoms with Crippen LogP contribution in [0.1, 0.15) is 38.6 Å². The first-order valence-electron chi connectivity index (χ1n) is 6.47. The van der Waals surface area contributed by atoms with E-state index in [0.29, 0.717) is 0 Å². The molecule has 4 nitrogen and oxygen atoms in total. The van der Waals surface area contributed by atoms with Crippen molar-refractivity contribution >= 4 is 17.2 Å². The first-order chi connectivity index (χ1) is 8.50. The quantitative estimate of drug-likeness (QED) is 0.907. The molecule has 1 fully saturated rings. The fourth-order valence-electron chi connectivity index (χ4n) is 2.41. The number of carbonyl (C=O) groups is 1. The summed E-state index contributed by atoms with van der Waals surface area (Å²) < 4.78 is 0. The Kier molecular flexibility index (Phi) is 4.02. The minimum absolute atomic E-state index is 0.165. The summed E-state index contributed by atoms with van der Waals surface area (Å²) in [5.74, 6) is 0.206. The summed E-state index contributed by atoms with van der Waals surface area (Å²) in [5.41, 5.74) is -0.261. The summed E-state index contributed by atoms with van der Waals surface area (Å²) >= 11 is 1.62. The molecule has 5 heteroatoms. The molecule has 0 spiro atoms. The van der Waals surface area contributed by atoms with E-state index >= 15 is 0 Å². The van der Waals surface area contributed by atoms with E-state index < -0.39 is 0 Å². The Morgan fingerprint density at radius 3 is 2.72 bits per heavy atom. The molecule has 100 valence electrons. The Hall–Kier alpha value is -0.940. The summed E-state index contributed by atoms with van der Waals surface area (Å²) in [5, 5.41) is 6.37. The number of likely N-dealkylation sites (tertiary alicyclic amines) is 1. The zero-order chi connectivity index (χ0) is 13.2. The van der Waals surface area contributed by atoms with Crippen molar-refractivity contribution in [3.05, 3.63) is 16.6 Å². The molecule has 2 heterocycles. The van der Waals surface area contributed by atoms with E-state index in [0.717, 1.165) is 30.9 Å². The second kappa shape index (κ2) is 5.36. The van der Waals surface area contributed by atoms with Crippen LogP contribution in [0.25, 0.3) is 0 Å². The van der Waals surface area contributed by atoms with Gasteiger partial charge in [-0.3, -0.25) is 10.1 Å². The number of hydrogen-bond donors (Lipinski definition) is 1. The summed E-state index contributed by atoms with van der Waals surface area (Å²) in [4.78, 5) is 18.5. The molecule has 0 radical (unpaired) electrons. The van der Waals surface area contributed by atoms with Crippen molar-refractivity contribution in [3.63, 3.8) is 0 Å². The molecule has 0 saturated carbocycles. The first kappa shape index (κ1) is 13.5. The molecule has 1 aromatic heterocycles. The summed E-state index contributed by atoms with van der Waals surface area (Å²) in [6, 6.07) is -0.165. The zero-order valence-corrected chi connectivity index (χ0v) is 12.1. The third kappa shape index (κ3) is 2.90. The van der Waals surface area contributed by atoms with Gasteiger partial charge in [0.15, 0.2) is 0 Å². The standard InChI is InChI=1S/C13H21N3OS/c1-10(11(17)16-7-4-5-8-16)15-13(2,3)12-14-6-9-18-12/h6,9-10,15H,4-5,7-8H2,1-3H3. The largest absolute Gasteiger partial charge is 0.341 e. The molecule has 0 aromatic carbocycles. The Bertz CT molecular complexity index is 396. The van der Waals surface area contributed by atoms with Crippen LogP contribution in [0.4, 0.5) is 0 Å². The van der Waals surface area contributed by atoms with Crippen molar-refractivity contribution < 1.29 is 4.79 Å². The Morgan fingerprint density at radius 2 is 2.17 bits per heavy atom. The fourth-order valence-corrected chi connectivity index (χ4v) is 3.13. The number of carbonyl (C=O) groups excluding carboxylic acids is 1. The van der Waals surface area contributed by atoms with E-state index in [9.17, 15) is 4.79 Å². The predicted molar refractivity (Wildman–Crippen MR) is 73.6 cm³/mol. The highest BCUT2D eigenvalue weighted by atomic mass is 32.1. The van der Waals surface area contributed by atoms with Crippen LogP contribution in [0.5, 0.6) is 0 Å². The van der Waals surface area contributed by atoms with Crippen LogP contribution in [0.2, 0.25) is 0 Å². The fraction of sp³-hybridized carbons (Fsp3) is 0.692. The smallest absolute Gasteiger partial charge is 0.239 e. The third-order valence-electron chi connectivity index (χ3n) is 3.33. The molecule has 0 bridgehead atoms. The van der Waals surface area contributed by atoms with Gasteiger partial charge in [0, 0.05) is 24.7 Å². The SMILES string of the molecule is CC(NC(C)(C)c1nccs1)C(=O)N1CCCC1. The molecule has 1 aromatic rings. The number of thiazole rings is 1. The highest BCUT2D eigenvalue weighted by Crippen LogP contribution is 2.23. The molecule has 1 N–H and O–H groups in total. The number of rotatable bonds is 4. The van der Waals surface area contributed by atoms with Gasteiger partial charge in [-0.2, -0.15) is 0 Å². The third-order valence-corrected chi connectivity index (χ3v) is 4.43. The van der Waals surface area contributed by atoms with Gasteiger partial charge in [0.1, 0.15) is 5.01 Å². The lowest BCUT2D eigenvalue weighted by atomic mass is 10.0. The van der Waals surface area contributed by atoms with Crippen molar-refractivity contribution in [3.8, 4) is 0 Å². The first-order valence-corrected chi connectivity index (χ1v) is 7.35. The van der Waals surface area contributed by atoms with Crippen molar-refractivity contribution in [2.45, 2.75) is 45.2 Å². The number of nitrogens with zero attached hydrogens (tertiary/aromatic N) is 2. The van der Waals surface area contributed by atoms with Gasteiger partial charge < -0.3 is 4.90 Å². The van der Waals surface area contributed by atoms with E-state index in [1.54, 1.807) is 17.5 Å². The van der Waals surface area contributed by atoms with Crippen LogP contribution in [-0.2, 0) is 10.3 Å². The van der Waals surface area contributed by atoms with Gasteiger partial charge in [-0.05, 0) is 33.6 Å². The van der Waals surface area contributed by atoms with Crippen molar-refractivity contribution in [2.75, 3.05) is 13.1 Å². The maximum atomic E-state index is 12.2. The van der Waals surface area contributed by atoms with Gasteiger partial charge in [-0.25, -0.2) is 4.98 Å². The van der Waals surface area contributed by atoms with E-state index in [1.807, 2.05) is 17.2 Å². The van der Waals surface area contributed by atoms with Crippen LogP contribution in [0.15, 0.2) is 11.6 Å². The topological polar surface area (TPSA) is 45.2 Å². The van der Waals surface area contributed by atoms with Gasteiger partial charge in [0.05, 0.1) is 11.6 Å². The monoisotopic (exact) mass is 267 g/mol. The van der Waals surface area contributed by atoms with Gasteiger partial charge in [-0.15, -0.1) is 11.3 Å².